The molecular weight excluding hydrogens is 279 g/mol. The molecule has 0 aliphatic carbocycles. The van der Waals surface area contributed by atoms with Crippen molar-refractivity contribution in [1.29, 1.82) is 0 Å². The molecule has 0 saturated heterocycles. The number of unbranched alkanes of at least 4 members (excludes halogenated alkanes) is 4. The number of carboxylic acid groups (broad SMARTS) is 2. The van der Waals surface area contributed by atoms with Crippen LogP contribution in [0.15, 0.2) is 0 Å². The van der Waals surface area contributed by atoms with Gasteiger partial charge in [-0.2, -0.15) is 5.92 Å². The molecule has 1 unspecified atom stereocenters. The quantitative estimate of drug-likeness (QED) is 0.307. The normalized spacial score (nSPS) is 11.7. The summed E-state index contributed by atoms with van der Waals surface area (Å²) in [6.07, 6.45) is 7.41. The molecule has 0 amide bonds. The molecule has 1 atom stereocenters. The second kappa shape index (κ2) is 14.9. The second-order valence-electron chi connectivity index (χ2n) is 6.23. The van der Waals surface area contributed by atoms with Crippen LogP contribution >= 0.6 is 0 Å². The predicted molar refractivity (Wildman–Crippen MR) is 81.6 cm³/mol. The molecule has 4 nitrogen and oxygen atoms in total. The van der Waals surface area contributed by atoms with Gasteiger partial charge in [-0.25, -0.2) is 0 Å². The van der Waals surface area contributed by atoms with E-state index in [9.17, 15) is 9.59 Å². The zero-order valence-corrected chi connectivity index (χ0v) is 16.4. The van der Waals surface area contributed by atoms with Gasteiger partial charge in [-0.05, 0) is 0 Å². The fourth-order valence-electron chi connectivity index (χ4n) is 1.56. The molecule has 0 fully saturated rings. The Hall–Kier alpha value is -0.0600. The van der Waals surface area contributed by atoms with Gasteiger partial charge in [0.15, 0.2) is 0 Å². The molecule has 0 aromatic carbocycles. The van der Waals surface area contributed by atoms with Crippen LogP contribution in [-0.2, 0) is 9.59 Å². The first kappa shape index (κ1) is 25.9. The van der Waals surface area contributed by atoms with E-state index in [1.54, 1.807) is 0 Å². The van der Waals surface area contributed by atoms with Crippen LogP contribution in [0, 0.1) is 18.3 Å². The molecular formula is C16H31NaO4. The van der Waals surface area contributed by atoms with E-state index in [0.717, 1.165) is 0 Å². The molecule has 0 rings (SSSR count). The number of rotatable bonds is 8. The minimum absolute atomic E-state index is 0. The zero-order chi connectivity index (χ0) is 16.2. The number of hydrogen-bond donors (Lipinski definition) is 2. The van der Waals surface area contributed by atoms with E-state index in [1.807, 2.05) is 0 Å². The Bertz CT molecular complexity index is 260. The summed E-state index contributed by atoms with van der Waals surface area (Å²) in [7, 11) is 0. The second-order valence-corrected chi connectivity index (χ2v) is 6.23. The largest absolute Gasteiger partial charge is 1.00 e. The van der Waals surface area contributed by atoms with Gasteiger partial charge in [0.2, 0.25) is 0 Å². The molecule has 0 heterocycles. The smallest absolute Gasteiger partial charge is 0.481 e. The third-order valence-corrected chi connectivity index (χ3v) is 3.18. The van der Waals surface area contributed by atoms with Gasteiger partial charge in [-0.1, -0.05) is 71.6 Å². The third-order valence-electron chi connectivity index (χ3n) is 3.18. The van der Waals surface area contributed by atoms with Gasteiger partial charge in [0, 0.05) is 0 Å². The van der Waals surface area contributed by atoms with Gasteiger partial charge in [0.25, 0.3) is 0 Å². The maximum atomic E-state index is 9.43. The van der Waals surface area contributed by atoms with Crippen molar-refractivity contribution in [2.75, 3.05) is 0 Å². The van der Waals surface area contributed by atoms with Crippen LogP contribution in [0.25, 0.3) is 0 Å². The maximum Gasteiger partial charge on any atom is 1.00 e. The van der Waals surface area contributed by atoms with Crippen LogP contribution in [-0.4, -0.2) is 22.2 Å². The summed E-state index contributed by atoms with van der Waals surface area (Å²) in [5, 5.41) is 15.4. The van der Waals surface area contributed by atoms with Gasteiger partial charge in [0.1, 0.15) is 6.42 Å². The summed E-state index contributed by atoms with van der Waals surface area (Å²) < 4.78 is 0. The minimum Gasteiger partial charge on any atom is -0.481 e. The molecule has 0 aliphatic rings. The van der Waals surface area contributed by atoms with Crippen molar-refractivity contribution >= 4 is 11.9 Å². The van der Waals surface area contributed by atoms with Crippen molar-refractivity contribution in [1.82, 2.24) is 0 Å². The van der Waals surface area contributed by atoms with Crippen molar-refractivity contribution in [2.45, 2.75) is 72.6 Å². The van der Waals surface area contributed by atoms with Crippen molar-refractivity contribution in [3.63, 3.8) is 0 Å². The number of carbonyl (C=O) groups is 2. The molecule has 0 radical (unpaired) electrons. The van der Waals surface area contributed by atoms with Crippen LogP contribution in [0.4, 0.5) is 0 Å². The average Bonchev–Trinajstić information content (AvgIpc) is 2.26. The third kappa shape index (κ3) is 22.4. The molecule has 5 heteroatoms. The molecule has 0 saturated carbocycles. The summed E-state index contributed by atoms with van der Waals surface area (Å²) in [4.78, 5) is 18.9. The fourth-order valence-corrected chi connectivity index (χ4v) is 1.56. The monoisotopic (exact) mass is 310 g/mol. The van der Waals surface area contributed by atoms with Crippen molar-refractivity contribution < 1.29 is 49.4 Å². The van der Waals surface area contributed by atoms with Crippen molar-refractivity contribution in [3.05, 3.63) is 6.92 Å². The minimum atomic E-state index is -1.31. The number of hydrogen-bond acceptors (Lipinski definition) is 2. The van der Waals surface area contributed by atoms with Crippen LogP contribution < -0.4 is 29.6 Å². The summed E-state index contributed by atoms with van der Waals surface area (Å²) in [6.45, 7) is 13.4. The average molecular weight is 310 g/mol. The molecule has 0 aliphatic heterocycles. The van der Waals surface area contributed by atoms with Crippen molar-refractivity contribution in [2.24, 2.45) is 11.3 Å². The predicted octanol–water partition coefficient (Wildman–Crippen LogP) is 1.39. The van der Waals surface area contributed by atoms with E-state index in [-0.39, 0.29) is 29.6 Å². The summed E-state index contributed by atoms with van der Waals surface area (Å²) in [6, 6.07) is 0. The Morgan fingerprint density at radius 1 is 1.00 bits per heavy atom. The van der Waals surface area contributed by atoms with Gasteiger partial charge < -0.3 is 17.1 Å². The van der Waals surface area contributed by atoms with E-state index in [0.29, 0.717) is 11.3 Å². The molecule has 2 N–H and O–H groups in total. The Kier molecular flexibility index (Phi) is 18.3. The summed E-state index contributed by atoms with van der Waals surface area (Å²) in [5.41, 5.74) is 0.394. The van der Waals surface area contributed by atoms with E-state index in [2.05, 4.69) is 34.6 Å². The Balaban J connectivity index is -0.000000347. The first-order chi connectivity index (χ1) is 9.11. The van der Waals surface area contributed by atoms with Crippen LogP contribution in [0.1, 0.15) is 72.6 Å². The molecule has 120 valence electrons. The van der Waals surface area contributed by atoms with Crippen LogP contribution in [0.5, 0.6) is 0 Å². The van der Waals surface area contributed by atoms with Gasteiger partial charge >= 0.3 is 41.5 Å². The zero-order valence-electron chi connectivity index (χ0n) is 14.4. The molecule has 0 aromatic heterocycles. The van der Waals surface area contributed by atoms with Crippen molar-refractivity contribution in [3.8, 4) is 0 Å². The van der Waals surface area contributed by atoms with Gasteiger partial charge in [-0.15, -0.1) is 0 Å². The van der Waals surface area contributed by atoms with E-state index < -0.39 is 18.4 Å². The van der Waals surface area contributed by atoms with E-state index >= 15 is 0 Å². The first-order valence-electron chi connectivity index (χ1n) is 7.37. The number of aliphatic carboxylic acids is 2. The SMILES string of the molecule is O=C(O)CC(=O)O.[CH2-]C(CCCCCCC)C(C)(C)C.[Na+]. The maximum absolute atomic E-state index is 9.43. The van der Waals surface area contributed by atoms with E-state index in [4.69, 9.17) is 10.2 Å². The van der Waals surface area contributed by atoms with E-state index in [1.165, 1.54) is 38.5 Å². The van der Waals surface area contributed by atoms with Gasteiger partial charge in [-0.3, -0.25) is 9.59 Å². The fraction of sp³-hybridized carbons (Fsp3) is 0.812. The Labute approximate surface area is 152 Å². The summed E-state index contributed by atoms with van der Waals surface area (Å²) >= 11 is 0. The molecule has 21 heavy (non-hydrogen) atoms. The topological polar surface area (TPSA) is 74.6 Å². The summed E-state index contributed by atoms with van der Waals surface area (Å²) in [5.74, 6) is -2.01. The van der Waals surface area contributed by atoms with Crippen LogP contribution in [0.3, 0.4) is 0 Å². The molecule has 0 bridgehead atoms. The van der Waals surface area contributed by atoms with Crippen LogP contribution in [0.2, 0.25) is 0 Å². The first-order valence-corrected chi connectivity index (χ1v) is 7.37. The Morgan fingerprint density at radius 2 is 1.43 bits per heavy atom. The molecule has 0 aromatic rings. The molecule has 0 spiro atoms. The number of carboxylic acids is 2. The van der Waals surface area contributed by atoms with Gasteiger partial charge in [0.05, 0.1) is 0 Å². The standard InChI is InChI=1S/C13H27.C3H4O4.Na/c1-6-7-8-9-10-11-12(2)13(3,4)5;4-2(5)1-3(6)7;/h12H,2,6-11H2,1,3-5H3;1H2,(H,4,5)(H,6,7);/q-1;;+1. The Morgan fingerprint density at radius 3 is 1.71 bits per heavy atom.